The van der Waals surface area contributed by atoms with Crippen molar-refractivity contribution in [1.82, 2.24) is 10.2 Å². The van der Waals surface area contributed by atoms with Gasteiger partial charge in [-0.1, -0.05) is 26.8 Å². The van der Waals surface area contributed by atoms with Crippen LogP contribution in [0, 0.1) is 5.92 Å². The third-order valence-corrected chi connectivity index (χ3v) is 5.58. The van der Waals surface area contributed by atoms with E-state index in [-0.39, 0.29) is 22.8 Å². The lowest BCUT2D eigenvalue weighted by Gasteiger charge is -2.37. The van der Waals surface area contributed by atoms with Gasteiger partial charge in [0.15, 0.2) is 5.11 Å². The minimum atomic E-state index is -0.292. The van der Waals surface area contributed by atoms with Crippen LogP contribution in [0.5, 0.6) is 5.75 Å². The van der Waals surface area contributed by atoms with Gasteiger partial charge in [0.25, 0.3) is 5.91 Å². The molecule has 0 bridgehead atoms. The topological polar surface area (TPSA) is 73.9 Å². The Morgan fingerprint density at radius 2 is 1.76 bits per heavy atom. The zero-order valence-corrected chi connectivity index (χ0v) is 20.3. The van der Waals surface area contributed by atoms with Gasteiger partial charge in [-0.3, -0.25) is 14.9 Å². The average molecular weight is 469 g/mol. The zero-order chi connectivity index (χ0) is 23.8. The maximum absolute atomic E-state index is 12.5. The van der Waals surface area contributed by atoms with Crippen LogP contribution in [-0.4, -0.2) is 54.6 Å². The predicted octanol–water partition coefficient (Wildman–Crippen LogP) is 3.91. The fraction of sp³-hybridized carbons (Fsp3) is 0.400. The Labute approximate surface area is 201 Å². The van der Waals surface area contributed by atoms with Gasteiger partial charge in [0.1, 0.15) is 5.75 Å². The Bertz CT molecular complexity index is 970. The van der Waals surface area contributed by atoms with Crippen molar-refractivity contribution in [2.75, 3.05) is 43.0 Å². The first-order valence-electron chi connectivity index (χ1n) is 11.4. The van der Waals surface area contributed by atoms with Crippen LogP contribution in [0.25, 0.3) is 0 Å². The van der Waals surface area contributed by atoms with Gasteiger partial charge in [-0.05, 0) is 61.1 Å². The number of piperazine rings is 1. The average Bonchev–Trinajstić information content (AvgIpc) is 2.83. The molecule has 2 N–H and O–H groups in total. The molecule has 1 saturated heterocycles. The predicted molar refractivity (Wildman–Crippen MR) is 136 cm³/mol. The van der Waals surface area contributed by atoms with E-state index in [1.54, 1.807) is 18.2 Å². The number of benzene rings is 2. The van der Waals surface area contributed by atoms with E-state index >= 15 is 0 Å². The van der Waals surface area contributed by atoms with E-state index in [4.69, 9.17) is 17.0 Å². The molecule has 3 rings (SSSR count). The number of rotatable bonds is 7. The standard InChI is InChI=1S/C25H32N4O3S/c1-4-16-32-22-7-5-6-19(17-22)23(30)27-25(33)26-20-8-10-21(11-9-20)28-12-14-29(15-13-28)24(31)18(2)3/h5-11,17-18H,4,12-16H2,1-3H3,(H2,26,27,30,33). The summed E-state index contributed by atoms with van der Waals surface area (Å²) in [4.78, 5) is 28.9. The largest absolute Gasteiger partial charge is 0.494 e. The summed E-state index contributed by atoms with van der Waals surface area (Å²) in [5, 5.41) is 5.99. The minimum Gasteiger partial charge on any atom is -0.494 e. The van der Waals surface area contributed by atoms with Crippen molar-refractivity contribution in [3.05, 3.63) is 54.1 Å². The van der Waals surface area contributed by atoms with Crippen LogP contribution in [0.3, 0.4) is 0 Å². The molecule has 2 aromatic carbocycles. The Morgan fingerprint density at radius 3 is 2.39 bits per heavy atom. The first-order valence-corrected chi connectivity index (χ1v) is 11.8. The molecule has 7 nitrogen and oxygen atoms in total. The number of thiocarbonyl (C=S) groups is 1. The molecule has 1 aliphatic heterocycles. The summed E-state index contributed by atoms with van der Waals surface area (Å²) >= 11 is 5.31. The van der Waals surface area contributed by atoms with Crippen LogP contribution in [-0.2, 0) is 4.79 Å². The van der Waals surface area contributed by atoms with E-state index in [1.807, 2.05) is 56.0 Å². The van der Waals surface area contributed by atoms with Crippen molar-refractivity contribution in [3.8, 4) is 5.75 Å². The van der Waals surface area contributed by atoms with Crippen molar-refractivity contribution in [2.24, 2.45) is 5.92 Å². The molecule has 1 heterocycles. The van der Waals surface area contributed by atoms with E-state index in [1.165, 1.54) is 0 Å². The van der Waals surface area contributed by atoms with Crippen molar-refractivity contribution in [2.45, 2.75) is 27.2 Å². The lowest BCUT2D eigenvalue weighted by atomic mass is 10.1. The number of ether oxygens (including phenoxy) is 1. The normalized spacial score (nSPS) is 13.6. The molecule has 176 valence electrons. The number of amides is 2. The quantitative estimate of drug-likeness (QED) is 0.601. The van der Waals surface area contributed by atoms with Crippen molar-refractivity contribution >= 4 is 40.5 Å². The molecular formula is C25H32N4O3S. The zero-order valence-electron chi connectivity index (χ0n) is 19.5. The molecule has 33 heavy (non-hydrogen) atoms. The Balaban J connectivity index is 1.50. The number of nitrogens with zero attached hydrogens (tertiary/aromatic N) is 2. The monoisotopic (exact) mass is 468 g/mol. The second kappa shape index (κ2) is 11.7. The summed E-state index contributed by atoms with van der Waals surface area (Å²) in [5.41, 5.74) is 2.37. The second-order valence-corrected chi connectivity index (χ2v) is 8.71. The molecule has 2 amide bonds. The number of carbonyl (C=O) groups is 2. The first kappa shape index (κ1) is 24.5. The van der Waals surface area contributed by atoms with Gasteiger partial charge in [0.2, 0.25) is 5.91 Å². The van der Waals surface area contributed by atoms with Gasteiger partial charge < -0.3 is 19.9 Å². The number of anilines is 2. The third kappa shape index (κ3) is 6.92. The van der Waals surface area contributed by atoms with Crippen molar-refractivity contribution < 1.29 is 14.3 Å². The molecule has 1 aliphatic rings. The lowest BCUT2D eigenvalue weighted by Crippen LogP contribution is -2.49. The van der Waals surface area contributed by atoms with Gasteiger partial charge in [-0.15, -0.1) is 0 Å². The van der Waals surface area contributed by atoms with Crippen LogP contribution in [0.2, 0.25) is 0 Å². The fourth-order valence-corrected chi connectivity index (χ4v) is 3.80. The van der Waals surface area contributed by atoms with E-state index in [0.717, 1.165) is 44.0 Å². The highest BCUT2D eigenvalue weighted by Gasteiger charge is 2.22. The van der Waals surface area contributed by atoms with Crippen molar-refractivity contribution in [3.63, 3.8) is 0 Å². The van der Waals surface area contributed by atoms with Crippen LogP contribution < -0.4 is 20.3 Å². The van der Waals surface area contributed by atoms with E-state index in [0.29, 0.717) is 17.9 Å². The molecule has 0 unspecified atom stereocenters. The maximum atomic E-state index is 12.5. The fourth-order valence-electron chi connectivity index (χ4n) is 3.59. The van der Waals surface area contributed by atoms with Gasteiger partial charge in [0, 0.05) is 49.0 Å². The molecule has 0 atom stereocenters. The van der Waals surface area contributed by atoms with Crippen LogP contribution in [0.1, 0.15) is 37.6 Å². The van der Waals surface area contributed by atoms with Crippen LogP contribution in [0.15, 0.2) is 48.5 Å². The molecule has 1 fully saturated rings. The third-order valence-electron chi connectivity index (χ3n) is 5.37. The lowest BCUT2D eigenvalue weighted by molar-refractivity contribution is -0.134. The molecule has 0 aromatic heterocycles. The summed E-state index contributed by atoms with van der Waals surface area (Å²) in [6.45, 7) is 9.59. The minimum absolute atomic E-state index is 0.0320. The summed E-state index contributed by atoms with van der Waals surface area (Å²) in [5.74, 6) is 0.614. The molecular weight excluding hydrogens is 436 g/mol. The van der Waals surface area contributed by atoms with E-state index in [2.05, 4.69) is 15.5 Å². The van der Waals surface area contributed by atoms with E-state index < -0.39 is 0 Å². The summed E-state index contributed by atoms with van der Waals surface area (Å²) < 4.78 is 5.58. The summed E-state index contributed by atoms with van der Waals surface area (Å²) in [7, 11) is 0. The molecule has 0 saturated carbocycles. The number of hydrogen-bond acceptors (Lipinski definition) is 5. The Hall–Kier alpha value is -3.13. The SMILES string of the molecule is CCCOc1cccc(C(=O)NC(=S)Nc2ccc(N3CCN(C(=O)C(C)C)CC3)cc2)c1. The summed E-state index contributed by atoms with van der Waals surface area (Å²) in [6, 6.07) is 14.9. The second-order valence-electron chi connectivity index (χ2n) is 8.30. The molecule has 0 radical (unpaired) electrons. The van der Waals surface area contributed by atoms with Crippen LogP contribution >= 0.6 is 12.2 Å². The van der Waals surface area contributed by atoms with E-state index in [9.17, 15) is 9.59 Å². The molecule has 8 heteroatoms. The molecule has 0 aliphatic carbocycles. The summed E-state index contributed by atoms with van der Waals surface area (Å²) in [6.07, 6.45) is 0.900. The number of hydrogen-bond donors (Lipinski definition) is 2. The Morgan fingerprint density at radius 1 is 1.06 bits per heavy atom. The van der Waals surface area contributed by atoms with Gasteiger partial charge >= 0.3 is 0 Å². The first-order chi connectivity index (χ1) is 15.9. The van der Waals surface area contributed by atoms with Crippen LogP contribution in [0.4, 0.5) is 11.4 Å². The van der Waals surface area contributed by atoms with Crippen molar-refractivity contribution in [1.29, 1.82) is 0 Å². The highest BCUT2D eigenvalue weighted by atomic mass is 32.1. The highest BCUT2D eigenvalue weighted by Crippen LogP contribution is 2.20. The number of carbonyl (C=O) groups excluding carboxylic acids is 2. The molecule has 0 spiro atoms. The number of nitrogens with one attached hydrogen (secondary N) is 2. The molecule has 2 aromatic rings. The van der Waals surface area contributed by atoms with Gasteiger partial charge in [-0.2, -0.15) is 0 Å². The smallest absolute Gasteiger partial charge is 0.257 e. The van der Waals surface area contributed by atoms with Gasteiger partial charge in [-0.25, -0.2) is 0 Å². The Kier molecular flexibility index (Phi) is 8.65. The highest BCUT2D eigenvalue weighted by molar-refractivity contribution is 7.80. The maximum Gasteiger partial charge on any atom is 0.257 e. The van der Waals surface area contributed by atoms with Gasteiger partial charge in [0.05, 0.1) is 6.61 Å².